The third-order valence-corrected chi connectivity index (χ3v) is 2.97. The number of aromatic nitrogens is 4. The molecule has 0 radical (unpaired) electrons. The summed E-state index contributed by atoms with van der Waals surface area (Å²) in [7, 11) is 1.90. The second-order valence-corrected chi connectivity index (χ2v) is 4.46. The van der Waals surface area contributed by atoms with E-state index in [0.717, 1.165) is 17.1 Å². The molecule has 4 heteroatoms. The number of benzene rings is 1. The van der Waals surface area contributed by atoms with Gasteiger partial charge in [0.2, 0.25) is 0 Å². The van der Waals surface area contributed by atoms with E-state index in [-0.39, 0.29) is 0 Å². The van der Waals surface area contributed by atoms with Crippen molar-refractivity contribution in [2.45, 2.75) is 6.92 Å². The molecule has 0 atom stereocenters. The molecular formula is C15H14N4. The first-order chi connectivity index (χ1) is 9.24. The van der Waals surface area contributed by atoms with Crippen LogP contribution in [0.4, 0.5) is 0 Å². The van der Waals surface area contributed by atoms with Crippen molar-refractivity contribution in [2.75, 3.05) is 0 Å². The molecule has 0 N–H and O–H groups in total. The number of pyridine rings is 1. The fourth-order valence-corrected chi connectivity index (χ4v) is 1.94. The Bertz CT molecular complexity index is 684. The molecule has 0 aliphatic carbocycles. The number of rotatable bonds is 2. The molecule has 3 aromatic rings. The zero-order valence-corrected chi connectivity index (χ0v) is 10.9. The molecule has 0 amide bonds. The van der Waals surface area contributed by atoms with Crippen LogP contribution in [0.5, 0.6) is 0 Å². The van der Waals surface area contributed by atoms with Crippen molar-refractivity contribution in [3.05, 3.63) is 54.2 Å². The Morgan fingerprint density at radius 2 is 1.79 bits per heavy atom. The Kier molecular flexibility index (Phi) is 2.83. The molecule has 2 aromatic heterocycles. The summed E-state index contributed by atoms with van der Waals surface area (Å²) in [6.45, 7) is 2.07. The maximum Gasteiger partial charge on any atom is 0.200 e. The molecule has 0 saturated carbocycles. The van der Waals surface area contributed by atoms with Crippen molar-refractivity contribution >= 4 is 0 Å². The average Bonchev–Trinajstić information content (AvgIpc) is 2.83. The largest absolute Gasteiger partial charge is 0.253 e. The maximum absolute atomic E-state index is 4.57. The summed E-state index contributed by atoms with van der Waals surface area (Å²) >= 11 is 0. The van der Waals surface area contributed by atoms with Crippen LogP contribution >= 0.6 is 0 Å². The quantitative estimate of drug-likeness (QED) is 0.702. The first kappa shape index (κ1) is 11.6. The van der Waals surface area contributed by atoms with E-state index >= 15 is 0 Å². The number of hydrogen-bond donors (Lipinski definition) is 0. The van der Waals surface area contributed by atoms with Gasteiger partial charge < -0.3 is 0 Å². The topological polar surface area (TPSA) is 43.6 Å². The molecule has 19 heavy (non-hydrogen) atoms. The fourth-order valence-electron chi connectivity index (χ4n) is 1.94. The standard InChI is InChI=1S/C15H14N4/c1-11-6-8-12(9-7-11)15-17-14(18-19(15)2)13-5-3-4-10-16-13/h3-10H,1-2H3. The van der Waals surface area contributed by atoms with Crippen LogP contribution in [-0.2, 0) is 7.05 Å². The minimum atomic E-state index is 0.652. The second-order valence-electron chi connectivity index (χ2n) is 4.46. The zero-order valence-electron chi connectivity index (χ0n) is 10.9. The van der Waals surface area contributed by atoms with E-state index in [4.69, 9.17) is 0 Å². The van der Waals surface area contributed by atoms with Crippen LogP contribution in [0.2, 0.25) is 0 Å². The van der Waals surface area contributed by atoms with Crippen LogP contribution in [0.15, 0.2) is 48.7 Å². The monoisotopic (exact) mass is 250 g/mol. The highest BCUT2D eigenvalue weighted by Crippen LogP contribution is 2.20. The van der Waals surface area contributed by atoms with Gasteiger partial charge in [0.15, 0.2) is 11.6 Å². The first-order valence-corrected chi connectivity index (χ1v) is 6.13. The summed E-state index contributed by atoms with van der Waals surface area (Å²) in [5, 5.41) is 4.42. The summed E-state index contributed by atoms with van der Waals surface area (Å²) in [4.78, 5) is 8.84. The zero-order chi connectivity index (χ0) is 13.2. The molecule has 4 nitrogen and oxygen atoms in total. The highest BCUT2D eigenvalue weighted by Gasteiger charge is 2.11. The molecule has 2 heterocycles. The van der Waals surface area contributed by atoms with Gasteiger partial charge in [0, 0.05) is 18.8 Å². The third-order valence-electron chi connectivity index (χ3n) is 2.97. The van der Waals surface area contributed by atoms with Gasteiger partial charge in [0.25, 0.3) is 0 Å². The molecule has 0 bridgehead atoms. The molecule has 0 aliphatic rings. The van der Waals surface area contributed by atoms with Crippen molar-refractivity contribution in [2.24, 2.45) is 7.05 Å². The van der Waals surface area contributed by atoms with E-state index in [0.29, 0.717) is 5.82 Å². The van der Waals surface area contributed by atoms with Crippen LogP contribution in [-0.4, -0.2) is 19.7 Å². The van der Waals surface area contributed by atoms with E-state index in [9.17, 15) is 0 Å². The van der Waals surface area contributed by atoms with Gasteiger partial charge in [-0.05, 0) is 19.1 Å². The van der Waals surface area contributed by atoms with E-state index < -0.39 is 0 Å². The van der Waals surface area contributed by atoms with E-state index in [1.807, 2.05) is 25.2 Å². The molecule has 0 fully saturated rings. The van der Waals surface area contributed by atoms with Crippen LogP contribution in [0.25, 0.3) is 22.9 Å². The summed E-state index contributed by atoms with van der Waals surface area (Å²) < 4.78 is 1.79. The lowest BCUT2D eigenvalue weighted by molar-refractivity contribution is 0.776. The van der Waals surface area contributed by atoms with Crippen molar-refractivity contribution in [1.82, 2.24) is 19.7 Å². The molecule has 3 rings (SSSR count). The Labute approximate surface area is 111 Å². The molecule has 94 valence electrons. The fraction of sp³-hybridized carbons (Fsp3) is 0.133. The van der Waals surface area contributed by atoms with Gasteiger partial charge in [-0.1, -0.05) is 35.9 Å². The Balaban J connectivity index is 2.05. The summed E-state index contributed by atoms with van der Waals surface area (Å²) in [6.07, 6.45) is 1.75. The van der Waals surface area contributed by atoms with Gasteiger partial charge in [0.1, 0.15) is 5.69 Å². The average molecular weight is 250 g/mol. The highest BCUT2D eigenvalue weighted by atomic mass is 15.3. The van der Waals surface area contributed by atoms with Gasteiger partial charge in [-0.3, -0.25) is 4.98 Å². The van der Waals surface area contributed by atoms with Crippen molar-refractivity contribution in [1.29, 1.82) is 0 Å². The lowest BCUT2D eigenvalue weighted by Gasteiger charge is -1.99. The van der Waals surface area contributed by atoms with Crippen LogP contribution in [0.3, 0.4) is 0 Å². The number of nitrogens with zero attached hydrogens (tertiary/aromatic N) is 4. The smallest absolute Gasteiger partial charge is 0.200 e. The Hall–Kier alpha value is -2.49. The SMILES string of the molecule is Cc1ccc(-c2nc(-c3ccccn3)nn2C)cc1. The predicted molar refractivity (Wildman–Crippen MR) is 74.4 cm³/mol. The van der Waals surface area contributed by atoms with Gasteiger partial charge >= 0.3 is 0 Å². The maximum atomic E-state index is 4.57. The van der Waals surface area contributed by atoms with Crippen molar-refractivity contribution in [3.8, 4) is 22.9 Å². The van der Waals surface area contributed by atoms with Crippen molar-refractivity contribution in [3.63, 3.8) is 0 Å². The van der Waals surface area contributed by atoms with Crippen LogP contribution < -0.4 is 0 Å². The summed E-state index contributed by atoms with van der Waals surface area (Å²) in [5.41, 5.74) is 3.08. The van der Waals surface area contributed by atoms with Crippen molar-refractivity contribution < 1.29 is 0 Å². The van der Waals surface area contributed by atoms with Gasteiger partial charge in [-0.15, -0.1) is 5.10 Å². The molecule has 1 aromatic carbocycles. The Morgan fingerprint density at radius 3 is 2.47 bits per heavy atom. The lowest BCUT2D eigenvalue weighted by atomic mass is 10.1. The first-order valence-electron chi connectivity index (χ1n) is 6.13. The van der Waals surface area contributed by atoms with E-state index in [1.54, 1.807) is 10.9 Å². The lowest BCUT2D eigenvalue weighted by Crippen LogP contribution is -1.94. The molecular weight excluding hydrogens is 236 g/mol. The Morgan fingerprint density at radius 1 is 1.00 bits per heavy atom. The minimum absolute atomic E-state index is 0.652. The summed E-state index contributed by atoms with van der Waals surface area (Å²) in [6, 6.07) is 14.0. The van der Waals surface area contributed by atoms with Gasteiger partial charge in [-0.2, -0.15) is 0 Å². The van der Waals surface area contributed by atoms with Gasteiger partial charge in [0.05, 0.1) is 0 Å². The minimum Gasteiger partial charge on any atom is -0.253 e. The predicted octanol–water partition coefficient (Wildman–Crippen LogP) is 2.85. The van der Waals surface area contributed by atoms with E-state index in [2.05, 4.69) is 46.3 Å². The second kappa shape index (κ2) is 4.65. The number of aryl methyl sites for hydroxylation is 2. The summed E-state index contributed by atoms with van der Waals surface area (Å²) in [5.74, 6) is 1.50. The van der Waals surface area contributed by atoms with E-state index in [1.165, 1.54) is 5.56 Å². The molecule has 0 unspecified atom stereocenters. The van der Waals surface area contributed by atoms with Crippen LogP contribution in [0.1, 0.15) is 5.56 Å². The highest BCUT2D eigenvalue weighted by molar-refractivity contribution is 5.59. The van der Waals surface area contributed by atoms with Crippen LogP contribution in [0, 0.1) is 6.92 Å². The third kappa shape index (κ3) is 2.25. The molecule has 0 saturated heterocycles. The number of hydrogen-bond acceptors (Lipinski definition) is 3. The molecule has 0 aliphatic heterocycles. The normalized spacial score (nSPS) is 10.6. The molecule has 0 spiro atoms. The van der Waals surface area contributed by atoms with Gasteiger partial charge in [-0.25, -0.2) is 9.67 Å².